The first-order valence-corrected chi connectivity index (χ1v) is 11.5. The number of amides is 1. The van der Waals surface area contributed by atoms with E-state index >= 15 is 0 Å². The van der Waals surface area contributed by atoms with Crippen molar-refractivity contribution in [2.45, 2.75) is 26.0 Å². The molecule has 8 nitrogen and oxygen atoms in total. The van der Waals surface area contributed by atoms with E-state index in [2.05, 4.69) is 4.98 Å². The molecule has 36 heavy (non-hydrogen) atoms. The van der Waals surface area contributed by atoms with E-state index in [9.17, 15) is 19.5 Å². The molecule has 184 valence electrons. The van der Waals surface area contributed by atoms with Gasteiger partial charge in [0.15, 0.2) is 0 Å². The van der Waals surface area contributed by atoms with E-state index < -0.39 is 29.5 Å². The summed E-state index contributed by atoms with van der Waals surface area (Å²) in [6, 6.07) is 14.7. The molecule has 2 aromatic carbocycles. The molecule has 0 radical (unpaired) electrons. The molecule has 1 saturated heterocycles. The summed E-state index contributed by atoms with van der Waals surface area (Å²) in [6.45, 7) is 3.49. The Kier molecular flexibility index (Phi) is 7.07. The Morgan fingerprint density at radius 1 is 1.06 bits per heavy atom. The van der Waals surface area contributed by atoms with Crippen molar-refractivity contribution in [1.29, 1.82) is 0 Å². The number of anilines is 1. The van der Waals surface area contributed by atoms with Gasteiger partial charge in [-0.25, -0.2) is 4.79 Å². The highest BCUT2D eigenvalue weighted by atomic mass is 35.5. The van der Waals surface area contributed by atoms with Crippen LogP contribution in [0.2, 0.25) is 5.02 Å². The van der Waals surface area contributed by atoms with E-state index in [-0.39, 0.29) is 22.3 Å². The van der Waals surface area contributed by atoms with Gasteiger partial charge in [0.1, 0.15) is 17.6 Å². The minimum atomic E-state index is -1.01. The largest absolute Gasteiger partial charge is 0.507 e. The number of ketones is 1. The minimum Gasteiger partial charge on any atom is -0.507 e. The molecular formula is C27H23ClN2O6. The van der Waals surface area contributed by atoms with Crippen LogP contribution >= 0.6 is 11.6 Å². The van der Waals surface area contributed by atoms with Gasteiger partial charge in [-0.15, -0.1) is 0 Å². The van der Waals surface area contributed by atoms with Gasteiger partial charge in [-0.2, -0.15) is 0 Å². The molecule has 0 spiro atoms. The average Bonchev–Trinajstić information content (AvgIpc) is 3.14. The summed E-state index contributed by atoms with van der Waals surface area (Å²) in [5, 5.41) is 11.4. The molecule has 4 rings (SSSR count). The molecule has 1 N–H and O–H groups in total. The molecule has 1 aromatic heterocycles. The lowest BCUT2D eigenvalue weighted by molar-refractivity contribution is -0.132. The van der Waals surface area contributed by atoms with Crippen molar-refractivity contribution < 1.29 is 29.0 Å². The topological polar surface area (TPSA) is 106 Å². The van der Waals surface area contributed by atoms with Crippen LogP contribution in [0.4, 0.5) is 5.69 Å². The number of aliphatic hydroxyl groups excluding tert-OH is 1. The van der Waals surface area contributed by atoms with Crippen molar-refractivity contribution >= 4 is 40.7 Å². The Hall–Kier alpha value is -4.17. The maximum Gasteiger partial charge on any atom is 0.338 e. The van der Waals surface area contributed by atoms with Crippen LogP contribution in [0.1, 0.15) is 41.5 Å². The number of benzene rings is 2. The number of esters is 1. The van der Waals surface area contributed by atoms with Crippen molar-refractivity contribution in [3.05, 3.63) is 94.3 Å². The quantitative estimate of drug-likeness (QED) is 0.218. The van der Waals surface area contributed by atoms with Crippen molar-refractivity contribution in [1.82, 2.24) is 4.98 Å². The number of carbonyl (C=O) groups excluding carboxylic acids is 3. The highest BCUT2D eigenvalue weighted by Gasteiger charge is 2.47. The molecule has 1 unspecified atom stereocenters. The third-order valence-electron chi connectivity index (χ3n) is 5.56. The Morgan fingerprint density at radius 3 is 2.33 bits per heavy atom. The van der Waals surface area contributed by atoms with Crippen molar-refractivity contribution in [2.24, 2.45) is 0 Å². The predicted octanol–water partition coefficient (Wildman–Crippen LogP) is 4.94. The molecule has 0 saturated carbocycles. The number of hydrogen-bond acceptors (Lipinski definition) is 7. The second-order valence-electron chi connectivity index (χ2n) is 8.27. The summed E-state index contributed by atoms with van der Waals surface area (Å²) in [4.78, 5) is 44.3. The number of ether oxygens (including phenoxy) is 2. The first-order valence-electron chi connectivity index (χ1n) is 11.1. The van der Waals surface area contributed by atoms with Gasteiger partial charge in [-0.3, -0.25) is 19.5 Å². The smallest absolute Gasteiger partial charge is 0.338 e. The van der Waals surface area contributed by atoms with Crippen LogP contribution in [-0.2, 0) is 14.3 Å². The van der Waals surface area contributed by atoms with Crippen LogP contribution in [0.25, 0.3) is 5.76 Å². The molecule has 1 atom stereocenters. The Balaban J connectivity index is 1.83. The average molecular weight is 507 g/mol. The highest BCUT2D eigenvalue weighted by Crippen LogP contribution is 2.42. The number of methoxy groups -OCH3 is 1. The zero-order valence-electron chi connectivity index (χ0n) is 19.8. The van der Waals surface area contributed by atoms with E-state index in [4.69, 9.17) is 21.1 Å². The SMILES string of the molecule is COc1ccc(/C(O)=C2/C(=O)C(=O)N(c3ccc(C(=O)OC(C)C)cc3)C2c2ccccn2)cc1Cl. The number of aromatic nitrogens is 1. The number of carbonyl (C=O) groups is 3. The number of hydrogen-bond donors (Lipinski definition) is 1. The van der Waals surface area contributed by atoms with Crippen LogP contribution in [0.5, 0.6) is 5.75 Å². The van der Waals surface area contributed by atoms with E-state index in [1.807, 2.05) is 0 Å². The Labute approximate surface area is 212 Å². The van der Waals surface area contributed by atoms with Gasteiger partial charge in [-0.05, 0) is 68.4 Å². The summed E-state index contributed by atoms with van der Waals surface area (Å²) in [5.74, 6) is -2.22. The van der Waals surface area contributed by atoms with Gasteiger partial charge in [0.25, 0.3) is 11.7 Å². The Morgan fingerprint density at radius 2 is 1.75 bits per heavy atom. The molecule has 9 heteroatoms. The number of pyridine rings is 1. The summed E-state index contributed by atoms with van der Waals surface area (Å²) in [7, 11) is 1.46. The Bertz CT molecular complexity index is 1350. The fourth-order valence-corrected chi connectivity index (χ4v) is 4.18. The zero-order valence-corrected chi connectivity index (χ0v) is 20.5. The monoisotopic (exact) mass is 506 g/mol. The van der Waals surface area contributed by atoms with E-state index in [0.717, 1.165) is 0 Å². The summed E-state index contributed by atoms with van der Waals surface area (Å²) < 4.78 is 10.4. The zero-order chi connectivity index (χ0) is 26.0. The lowest BCUT2D eigenvalue weighted by Crippen LogP contribution is -2.29. The molecule has 0 bridgehead atoms. The fraction of sp³-hybridized carbons (Fsp3) is 0.185. The van der Waals surface area contributed by atoms with Crippen molar-refractivity contribution in [3.8, 4) is 5.75 Å². The molecule has 3 aromatic rings. The number of rotatable bonds is 6. The molecule has 1 amide bonds. The van der Waals surface area contributed by atoms with Gasteiger partial charge >= 0.3 is 5.97 Å². The second kappa shape index (κ2) is 10.2. The van der Waals surface area contributed by atoms with E-state index in [1.54, 1.807) is 50.2 Å². The third-order valence-corrected chi connectivity index (χ3v) is 5.86. The van der Waals surface area contributed by atoms with Gasteiger partial charge in [-0.1, -0.05) is 17.7 Å². The molecule has 1 fully saturated rings. The number of Topliss-reactive ketones (excluding diaryl/α,β-unsaturated/α-hetero) is 1. The first kappa shape index (κ1) is 24.9. The molecule has 0 aliphatic carbocycles. The summed E-state index contributed by atoms with van der Waals surface area (Å²) in [6.07, 6.45) is 1.25. The fourth-order valence-electron chi connectivity index (χ4n) is 3.93. The van der Waals surface area contributed by atoms with Gasteiger partial charge in [0, 0.05) is 17.4 Å². The van der Waals surface area contributed by atoms with Crippen LogP contribution in [0, 0.1) is 0 Å². The van der Waals surface area contributed by atoms with E-state index in [0.29, 0.717) is 22.7 Å². The third kappa shape index (κ3) is 4.67. The number of nitrogens with zero attached hydrogens (tertiary/aromatic N) is 2. The predicted molar refractivity (Wildman–Crippen MR) is 134 cm³/mol. The van der Waals surface area contributed by atoms with Gasteiger partial charge in [0.05, 0.1) is 35.1 Å². The maximum atomic E-state index is 13.2. The standard InChI is InChI=1S/C27H23ClN2O6/c1-15(2)36-27(34)16-7-10-18(11-8-16)30-23(20-6-4-5-13-29-20)22(25(32)26(30)33)24(31)17-9-12-21(35-3)19(28)14-17/h4-15,23,31H,1-3H3/b24-22-. The molecule has 1 aliphatic heterocycles. The van der Waals surface area contributed by atoms with Crippen LogP contribution in [0.3, 0.4) is 0 Å². The van der Waals surface area contributed by atoms with Gasteiger partial charge < -0.3 is 14.6 Å². The lowest BCUT2D eigenvalue weighted by atomic mass is 9.98. The normalized spacial score (nSPS) is 16.9. The van der Waals surface area contributed by atoms with Crippen molar-refractivity contribution in [3.63, 3.8) is 0 Å². The summed E-state index contributed by atoms with van der Waals surface area (Å²) in [5.41, 5.74) is 1.13. The lowest BCUT2D eigenvalue weighted by Gasteiger charge is -2.24. The molecular weight excluding hydrogens is 484 g/mol. The van der Waals surface area contributed by atoms with Crippen LogP contribution in [0.15, 0.2) is 72.4 Å². The first-order chi connectivity index (χ1) is 17.2. The van der Waals surface area contributed by atoms with Crippen molar-refractivity contribution in [2.75, 3.05) is 12.0 Å². The molecule has 1 aliphatic rings. The minimum absolute atomic E-state index is 0.136. The highest BCUT2D eigenvalue weighted by molar-refractivity contribution is 6.51. The number of aliphatic hydroxyl groups is 1. The summed E-state index contributed by atoms with van der Waals surface area (Å²) >= 11 is 6.22. The van der Waals surface area contributed by atoms with Crippen LogP contribution in [-0.4, -0.2) is 41.0 Å². The van der Waals surface area contributed by atoms with Crippen LogP contribution < -0.4 is 9.64 Å². The number of halogens is 1. The second-order valence-corrected chi connectivity index (χ2v) is 8.68. The van der Waals surface area contributed by atoms with E-state index in [1.165, 1.54) is 42.5 Å². The molecule has 2 heterocycles. The van der Waals surface area contributed by atoms with Gasteiger partial charge in [0.2, 0.25) is 0 Å². The maximum absolute atomic E-state index is 13.2.